The lowest BCUT2D eigenvalue weighted by Gasteiger charge is -2.09. The van der Waals surface area contributed by atoms with Crippen LogP contribution in [0.15, 0.2) is 37.1 Å². The van der Waals surface area contributed by atoms with Gasteiger partial charge in [-0.05, 0) is 37.0 Å². The molecule has 0 atom stereocenters. The molecule has 0 radical (unpaired) electrons. The summed E-state index contributed by atoms with van der Waals surface area (Å²) < 4.78 is 9.05. The summed E-state index contributed by atoms with van der Waals surface area (Å²) in [5, 5.41) is 0. The number of fused-ring (bicyclic) bond motifs is 1. The maximum Gasteiger partial charge on any atom is 0.337 e. The second kappa shape index (κ2) is 5.53. The molecule has 0 unspecified atom stereocenters. The number of benzene rings is 1. The van der Waals surface area contributed by atoms with Crippen LogP contribution in [0.2, 0.25) is 0 Å². The lowest BCUT2D eigenvalue weighted by Crippen LogP contribution is -2.08. The molecule has 1 fully saturated rings. The molecule has 1 saturated carbocycles. The van der Waals surface area contributed by atoms with Gasteiger partial charge in [0.1, 0.15) is 0 Å². The van der Waals surface area contributed by atoms with Crippen LogP contribution in [0.25, 0.3) is 11.0 Å². The predicted molar refractivity (Wildman–Crippen MR) is 85.1 cm³/mol. The molecule has 0 amide bonds. The third-order valence-electron chi connectivity index (χ3n) is 4.32. The van der Waals surface area contributed by atoms with E-state index in [2.05, 4.69) is 14.5 Å². The Morgan fingerprint density at radius 1 is 1.30 bits per heavy atom. The van der Waals surface area contributed by atoms with Gasteiger partial charge in [-0.3, -0.25) is 0 Å². The Balaban J connectivity index is 1.66. The third kappa shape index (κ3) is 2.72. The van der Waals surface area contributed by atoms with E-state index in [-0.39, 0.29) is 5.97 Å². The lowest BCUT2D eigenvalue weighted by molar-refractivity contribution is 0.0601. The van der Waals surface area contributed by atoms with Gasteiger partial charge in [-0.2, -0.15) is 0 Å². The highest BCUT2D eigenvalue weighted by Gasteiger charge is 2.22. The average Bonchev–Trinajstić information content (AvgIpc) is 3.15. The van der Waals surface area contributed by atoms with Gasteiger partial charge in [-0.25, -0.2) is 14.8 Å². The molecule has 6 nitrogen and oxygen atoms in total. The summed E-state index contributed by atoms with van der Waals surface area (Å²) in [7, 11) is 1.39. The first-order chi connectivity index (χ1) is 11.2. The van der Waals surface area contributed by atoms with Gasteiger partial charge in [0.05, 0.1) is 48.6 Å². The Bertz CT molecular complexity index is 860. The van der Waals surface area contributed by atoms with Crippen molar-refractivity contribution in [2.75, 3.05) is 7.11 Å². The zero-order valence-corrected chi connectivity index (χ0v) is 13.0. The Labute approximate surface area is 133 Å². The minimum absolute atomic E-state index is 0.335. The van der Waals surface area contributed by atoms with Crippen molar-refractivity contribution in [3.05, 3.63) is 48.3 Å². The van der Waals surface area contributed by atoms with E-state index in [1.165, 1.54) is 20.0 Å². The maximum absolute atomic E-state index is 11.7. The quantitative estimate of drug-likeness (QED) is 0.679. The van der Waals surface area contributed by atoms with E-state index in [1.807, 2.05) is 29.2 Å². The fourth-order valence-electron chi connectivity index (χ4n) is 2.82. The predicted octanol–water partition coefficient (Wildman–Crippen LogP) is 2.48. The molecule has 0 spiro atoms. The number of nitrogens with zero attached hydrogens (tertiary/aromatic N) is 4. The number of carbonyl (C=O) groups excluding carboxylic acids is 1. The van der Waals surface area contributed by atoms with Crippen molar-refractivity contribution in [3.8, 4) is 0 Å². The van der Waals surface area contributed by atoms with Gasteiger partial charge >= 0.3 is 5.97 Å². The molecular weight excluding hydrogens is 292 g/mol. The van der Waals surface area contributed by atoms with Crippen LogP contribution in [0.5, 0.6) is 0 Å². The van der Waals surface area contributed by atoms with E-state index < -0.39 is 0 Å². The van der Waals surface area contributed by atoms with Gasteiger partial charge in [0, 0.05) is 12.7 Å². The highest BCUT2D eigenvalue weighted by atomic mass is 16.5. The first-order valence-corrected chi connectivity index (χ1v) is 7.77. The molecule has 118 valence electrons. The normalized spacial score (nSPS) is 14.3. The highest BCUT2D eigenvalue weighted by molar-refractivity contribution is 5.93. The highest BCUT2D eigenvalue weighted by Crippen LogP contribution is 2.31. The van der Waals surface area contributed by atoms with Crippen molar-refractivity contribution in [1.82, 2.24) is 19.1 Å². The molecule has 0 bridgehead atoms. The SMILES string of the molecule is COC(=O)c1ccc2ncn(Cc3cncn3CC3CC3)c2c1. The van der Waals surface area contributed by atoms with Crippen molar-refractivity contribution in [1.29, 1.82) is 0 Å². The van der Waals surface area contributed by atoms with E-state index >= 15 is 0 Å². The van der Waals surface area contributed by atoms with Crippen molar-refractivity contribution < 1.29 is 9.53 Å². The van der Waals surface area contributed by atoms with Crippen molar-refractivity contribution in [2.45, 2.75) is 25.9 Å². The third-order valence-corrected chi connectivity index (χ3v) is 4.32. The lowest BCUT2D eigenvalue weighted by atomic mass is 10.2. The fourth-order valence-corrected chi connectivity index (χ4v) is 2.82. The summed E-state index contributed by atoms with van der Waals surface area (Å²) in [5.74, 6) is 0.465. The number of imidazole rings is 2. The van der Waals surface area contributed by atoms with Crippen LogP contribution < -0.4 is 0 Å². The second-order valence-electron chi connectivity index (χ2n) is 6.05. The molecule has 1 aliphatic carbocycles. The number of ether oxygens (including phenoxy) is 1. The monoisotopic (exact) mass is 310 g/mol. The molecule has 0 N–H and O–H groups in total. The largest absolute Gasteiger partial charge is 0.465 e. The molecule has 0 aliphatic heterocycles. The fraction of sp³-hybridized carbons (Fsp3) is 0.353. The zero-order valence-electron chi connectivity index (χ0n) is 13.0. The maximum atomic E-state index is 11.7. The number of carbonyl (C=O) groups is 1. The van der Waals surface area contributed by atoms with E-state index in [0.717, 1.165) is 29.2 Å². The van der Waals surface area contributed by atoms with Crippen molar-refractivity contribution in [3.63, 3.8) is 0 Å². The standard InChI is InChI=1S/C17H18N4O2/c1-23-17(22)13-4-5-15-16(6-13)21(11-19-15)9-14-7-18-10-20(14)8-12-2-3-12/h4-7,10-12H,2-3,8-9H2,1H3. The van der Waals surface area contributed by atoms with E-state index in [9.17, 15) is 4.79 Å². The number of esters is 1. The van der Waals surface area contributed by atoms with Crippen LogP contribution in [-0.2, 0) is 17.8 Å². The molecule has 4 rings (SSSR count). The molecule has 2 heterocycles. The zero-order chi connectivity index (χ0) is 15.8. The molecule has 23 heavy (non-hydrogen) atoms. The molecule has 0 saturated heterocycles. The summed E-state index contributed by atoms with van der Waals surface area (Å²) in [6.45, 7) is 1.73. The average molecular weight is 310 g/mol. The van der Waals surface area contributed by atoms with Crippen LogP contribution in [0.4, 0.5) is 0 Å². The Hall–Kier alpha value is -2.63. The Morgan fingerprint density at radius 2 is 2.17 bits per heavy atom. The first-order valence-electron chi connectivity index (χ1n) is 7.77. The van der Waals surface area contributed by atoms with Crippen LogP contribution in [-0.4, -0.2) is 32.2 Å². The van der Waals surface area contributed by atoms with Gasteiger partial charge in [0.15, 0.2) is 0 Å². The van der Waals surface area contributed by atoms with E-state index in [1.54, 1.807) is 12.4 Å². The number of rotatable bonds is 5. The Kier molecular flexibility index (Phi) is 3.37. The van der Waals surface area contributed by atoms with Crippen molar-refractivity contribution >= 4 is 17.0 Å². The van der Waals surface area contributed by atoms with Crippen LogP contribution in [0.3, 0.4) is 0 Å². The number of hydrogen-bond acceptors (Lipinski definition) is 4. The Morgan fingerprint density at radius 3 is 2.96 bits per heavy atom. The van der Waals surface area contributed by atoms with Crippen molar-refractivity contribution in [2.24, 2.45) is 5.92 Å². The second-order valence-corrected chi connectivity index (χ2v) is 6.05. The summed E-state index contributed by atoms with van der Waals surface area (Å²) >= 11 is 0. The number of methoxy groups -OCH3 is 1. The molecular formula is C17H18N4O2. The van der Waals surface area contributed by atoms with Gasteiger partial charge in [0.2, 0.25) is 0 Å². The van der Waals surface area contributed by atoms with Gasteiger partial charge < -0.3 is 13.9 Å². The summed E-state index contributed by atoms with van der Waals surface area (Å²) in [6.07, 6.45) is 8.23. The van der Waals surface area contributed by atoms with E-state index in [4.69, 9.17) is 4.74 Å². The smallest absolute Gasteiger partial charge is 0.337 e. The van der Waals surface area contributed by atoms with Crippen LogP contribution >= 0.6 is 0 Å². The molecule has 3 aromatic rings. The molecule has 1 aliphatic rings. The van der Waals surface area contributed by atoms with Gasteiger partial charge in [-0.15, -0.1) is 0 Å². The minimum atomic E-state index is -0.335. The van der Waals surface area contributed by atoms with Crippen LogP contribution in [0, 0.1) is 5.92 Å². The summed E-state index contributed by atoms with van der Waals surface area (Å²) in [4.78, 5) is 20.4. The molecule has 6 heteroatoms. The number of aromatic nitrogens is 4. The summed E-state index contributed by atoms with van der Waals surface area (Å²) in [6, 6.07) is 5.41. The summed E-state index contributed by atoms with van der Waals surface area (Å²) in [5.41, 5.74) is 3.48. The van der Waals surface area contributed by atoms with Gasteiger partial charge in [0.25, 0.3) is 0 Å². The van der Waals surface area contributed by atoms with Gasteiger partial charge in [-0.1, -0.05) is 0 Å². The van der Waals surface area contributed by atoms with Crippen LogP contribution in [0.1, 0.15) is 28.9 Å². The van der Waals surface area contributed by atoms with E-state index in [0.29, 0.717) is 12.1 Å². The molecule has 1 aromatic carbocycles. The topological polar surface area (TPSA) is 61.9 Å². The molecule has 2 aromatic heterocycles. The number of hydrogen-bond donors (Lipinski definition) is 0. The first kappa shape index (κ1) is 14.0. The minimum Gasteiger partial charge on any atom is -0.465 e.